The molecule has 3 aromatic rings. The zero-order valence-electron chi connectivity index (χ0n) is 15.4. The maximum atomic E-state index is 12.5. The van der Waals surface area contributed by atoms with E-state index in [0.29, 0.717) is 23.7 Å². The van der Waals surface area contributed by atoms with Crippen LogP contribution in [-0.4, -0.2) is 32.6 Å². The van der Waals surface area contributed by atoms with Gasteiger partial charge in [-0.3, -0.25) is 14.3 Å². The van der Waals surface area contributed by atoms with Crippen LogP contribution in [0.3, 0.4) is 0 Å². The van der Waals surface area contributed by atoms with Gasteiger partial charge in [-0.25, -0.2) is 9.97 Å². The number of nitrogens with zero attached hydrogens (tertiary/aromatic N) is 6. The zero-order chi connectivity index (χ0) is 19.3. The minimum atomic E-state index is -0.0484. The number of aromatic nitrogens is 4. The van der Waals surface area contributed by atoms with E-state index in [4.69, 9.17) is 0 Å². The van der Waals surface area contributed by atoms with Crippen molar-refractivity contribution in [2.75, 3.05) is 18.0 Å². The van der Waals surface area contributed by atoms with Crippen molar-refractivity contribution in [2.45, 2.75) is 19.4 Å². The van der Waals surface area contributed by atoms with Crippen LogP contribution in [0, 0.1) is 17.2 Å². The predicted octanol–water partition coefficient (Wildman–Crippen LogP) is 2.49. The molecule has 1 aliphatic heterocycles. The lowest BCUT2D eigenvalue weighted by atomic mass is 9.96. The van der Waals surface area contributed by atoms with Crippen molar-refractivity contribution in [3.8, 4) is 17.3 Å². The van der Waals surface area contributed by atoms with Gasteiger partial charge in [0.15, 0.2) is 0 Å². The Kier molecular flexibility index (Phi) is 5.11. The van der Waals surface area contributed by atoms with E-state index in [1.807, 2.05) is 12.1 Å². The fourth-order valence-corrected chi connectivity index (χ4v) is 3.58. The molecule has 28 heavy (non-hydrogen) atoms. The van der Waals surface area contributed by atoms with Crippen molar-refractivity contribution in [3.05, 3.63) is 71.2 Å². The molecule has 1 saturated heterocycles. The number of anilines is 1. The summed E-state index contributed by atoms with van der Waals surface area (Å²) in [5.74, 6) is 1.15. The fourth-order valence-electron chi connectivity index (χ4n) is 3.58. The molecule has 4 rings (SSSR count). The van der Waals surface area contributed by atoms with E-state index in [1.54, 1.807) is 47.7 Å². The average molecular weight is 372 g/mol. The molecule has 0 aliphatic carbocycles. The number of hydrogen-bond acceptors (Lipinski definition) is 6. The highest BCUT2D eigenvalue weighted by atomic mass is 16.1. The quantitative estimate of drug-likeness (QED) is 0.699. The molecule has 0 aromatic carbocycles. The predicted molar refractivity (Wildman–Crippen MR) is 106 cm³/mol. The molecule has 7 heteroatoms. The largest absolute Gasteiger partial charge is 0.356 e. The van der Waals surface area contributed by atoms with Gasteiger partial charge in [-0.1, -0.05) is 0 Å². The Balaban J connectivity index is 1.41. The summed E-state index contributed by atoms with van der Waals surface area (Å²) in [6, 6.07) is 11.1. The highest BCUT2D eigenvalue weighted by Crippen LogP contribution is 2.25. The number of pyridine rings is 2. The molecular weight excluding hydrogens is 352 g/mol. The Hall–Kier alpha value is -3.53. The first-order valence-corrected chi connectivity index (χ1v) is 9.31. The number of nitriles is 1. The first-order valence-electron chi connectivity index (χ1n) is 9.31. The van der Waals surface area contributed by atoms with Crippen LogP contribution >= 0.6 is 0 Å². The van der Waals surface area contributed by atoms with Gasteiger partial charge < -0.3 is 4.90 Å². The smallest absolute Gasteiger partial charge is 0.253 e. The van der Waals surface area contributed by atoms with Gasteiger partial charge in [-0.15, -0.1) is 0 Å². The van der Waals surface area contributed by atoms with Crippen molar-refractivity contribution >= 4 is 5.82 Å². The standard InChI is InChI=1S/C21H20N6O/c22-12-17-3-2-8-24-21(17)26-9-5-16(6-10-26)14-27-15-25-19(11-20(27)28)18-4-1-7-23-13-18/h1-4,7-8,11,13,15-16H,5-6,9-10,14H2. The fraction of sp³-hybridized carbons (Fsp3) is 0.286. The third kappa shape index (κ3) is 3.76. The number of piperidine rings is 1. The number of hydrogen-bond donors (Lipinski definition) is 0. The van der Waals surface area contributed by atoms with Crippen LogP contribution in [0.2, 0.25) is 0 Å². The van der Waals surface area contributed by atoms with E-state index < -0.39 is 0 Å². The van der Waals surface area contributed by atoms with Crippen LogP contribution < -0.4 is 10.5 Å². The zero-order valence-corrected chi connectivity index (χ0v) is 15.4. The lowest BCUT2D eigenvalue weighted by Crippen LogP contribution is -2.37. The molecule has 0 bridgehead atoms. The first kappa shape index (κ1) is 17.9. The van der Waals surface area contributed by atoms with Crippen molar-refractivity contribution in [2.24, 2.45) is 5.92 Å². The van der Waals surface area contributed by atoms with E-state index >= 15 is 0 Å². The van der Waals surface area contributed by atoms with Crippen molar-refractivity contribution in [3.63, 3.8) is 0 Å². The molecule has 3 aromatic heterocycles. The van der Waals surface area contributed by atoms with Gasteiger partial charge in [-0.05, 0) is 43.0 Å². The molecule has 140 valence electrons. The molecule has 4 heterocycles. The molecule has 0 amide bonds. The molecule has 0 radical (unpaired) electrons. The maximum Gasteiger partial charge on any atom is 0.253 e. The summed E-state index contributed by atoms with van der Waals surface area (Å²) in [7, 11) is 0. The van der Waals surface area contributed by atoms with Gasteiger partial charge >= 0.3 is 0 Å². The van der Waals surface area contributed by atoms with E-state index in [9.17, 15) is 10.1 Å². The van der Waals surface area contributed by atoms with E-state index in [1.165, 1.54) is 0 Å². The molecule has 0 atom stereocenters. The van der Waals surface area contributed by atoms with Gasteiger partial charge in [0.2, 0.25) is 0 Å². The second-order valence-electron chi connectivity index (χ2n) is 6.92. The van der Waals surface area contributed by atoms with Crippen LogP contribution in [-0.2, 0) is 6.54 Å². The summed E-state index contributed by atoms with van der Waals surface area (Å²) in [5.41, 5.74) is 2.03. The summed E-state index contributed by atoms with van der Waals surface area (Å²) >= 11 is 0. The first-order chi connectivity index (χ1) is 13.7. The van der Waals surface area contributed by atoms with Gasteiger partial charge in [0.05, 0.1) is 17.6 Å². The van der Waals surface area contributed by atoms with Gasteiger partial charge in [0.1, 0.15) is 11.9 Å². The Morgan fingerprint density at radius 2 is 1.96 bits per heavy atom. The van der Waals surface area contributed by atoms with Gasteiger partial charge in [0, 0.05) is 49.9 Å². The molecule has 1 aliphatic rings. The third-order valence-corrected chi connectivity index (χ3v) is 5.11. The van der Waals surface area contributed by atoms with Crippen molar-refractivity contribution < 1.29 is 0 Å². The molecule has 0 unspecified atom stereocenters. The van der Waals surface area contributed by atoms with Crippen molar-refractivity contribution in [1.29, 1.82) is 5.26 Å². The molecule has 0 N–H and O–H groups in total. The minimum Gasteiger partial charge on any atom is -0.356 e. The molecule has 0 saturated carbocycles. The third-order valence-electron chi connectivity index (χ3n) is 5.11. The Morgan fingerprint density at radius 3 is 2.68 bits per heavy atom. The lowest BCUT2D eigenvalue weighted by molar-refractivity contribution is 0.350. The Labute approximate surface area is 162 Å². The molecular formula is C21H20N6O. The van der Waals surface area contributed by atoms with Gasteiger partial charge in [-0.2, -0.15) is 5.26 Å². The topological polar surface area (TPSA) is 87.7 Å². The summed E-state index contributed by atoms with van der Waals surface area (Å²) in [6.07, 6.45) is 8.63. The van der Waals surface area contributed by atoms with E-state index in [-0.39, 0.29) is 5.56 Å². The van der Waals surface area contributed by atoms with Crippen LogP contribution in [0.15, 0.2) is 60.0 Å². The molecule has 0 spiro atoms. The van der Waals surface area contributed by atoms with E-state index in [2.05, 4.69) is 25.9 Å². The SMILES string of the molecule is N#Cc1cccnc1N1CCC(Cn2cnc(-c3cccnc3)cc2=O)CC1. The highest BCUT2D eigenvalue weighted by molar-refractivity contribution is 5.56. The lowest BCUT2D eigenvalue weighted by Gasteiger charge is -2.33. The second-order valence-corrected chi connectivity index (χ2v) is 6.92. The Bertz CT molecular complexity index is 1050. The van der Waals surface area contributed by atoms with Crippen LogP contribution in [0.4, 0.5) is 5.82 Å². The summed E-state index contributed by atoms with van der Waals surface area (Å²) < 4.78 is 1.68. The summed E-state index contributed by atoms with van der Waals surface area (Å²) in [6.45, 7) is 2.30. The van der Waals surface area contributed by atoms with Crippen LogP contribution in [0.1, 0.15) is 18.4 Å². The average Bonchev–Trinajstić information content (AvgIpc) is 2.76. The number of rotatable bonds is 4. The Morgan fingerprint density at radius 1 is 1.14 bits per heavy atom. The van der Waals surface area contributed by atoms with Crippen LogP contribution in [0.25, 0.3) is 11.3 Å². The van der Waals surface area contributed by atoms with E-state index in [0.717, 1.165) is 37.3 Å². The normalized spacial score (nSPS) is 14.6. The van der Waals surface area contributed by atoms with Crippen LogP contribution in [0.5, 0.6) is 0 Å². The monoisotopic (exact) mass is 372 g/mol. The minimum absolute atomic E-state index is 0.0484. The van der Waals surface area contributed by atoms with Gasteiger partial charge in [0.25, 0.3) is 5.56 Å². The second kappa shape index (κ2) is 8.01. The molecule has 1 fully saturated rings. The summed E-state index contributed by atoms with van der Waals surface area (Å²) in [5, 5.41) is 9.27. The highest BCUT2D eigenvalue weighted by Gasteiger charge is 2.22. The van der Waals surface area contributed by atoms with Crippen molar-refractivity contribution in [1.82, 2.24) is 19.5 Å². The maximum absolute atomic E-state index is 12.5. The summed E-state index contributed by atoms with van der Waals surface area (Å²) in [4.78, 5) is 27.5. The molecule has 7 nitrogen and oxygen atoms in total.